The van der Waals surface area contributed by atoms with Crippen LogP contribution >= 0.6 is 0 Å². The summed E-state index contributed by atoms with van der Waals surface area (Å²) >= 11 is 0. The summed E-state index contributed by atoms with van der Waals surface area (Å²) in [6, 6.07) is 5.51. The van der Waals surface area contributed by atoms with Crippen molar-refractivity contribution in [1.82, 2.24) is 0 Å². The van der Waals surface area contributed by atoms with Crippen LogP contribution in [0.25, 0.3) is 0 Å². The number of amides is 1. The highest BCUT2D eigenvalue weighted by atomic mass is 16.5. The van der Waals surface area contributed by atoms with Crippen molar-refractivity contribution in [1.29, 1.82) is 0 Å². The Morgan fingerprint density at radius 2 is 2.22 bits per heavy atom. The van der Waals surface area contributed by atoms with E-state index in [-0.39, 0.29) is 11.5 Å². The number of hydrogen-bond donors (Lipinski definition) is 2. The lowest BCUT2D eigenvalue weighted by molar-refractivity contribution is -0.129. The first-order chi connectivity index (χ1) is 8.54. The molecule has 1 fully saturated rings. The number of benzene rings is 1. The fourth-order valence-electron chi connectivity index (χ4n) is 2.28. The van der Waals surface area contributed by atoms with Gasteiger partial charge in [0, 0.05) is 18.5 Å². The molecule has 2 rings (SSSR count). The van der Waals surface area contributed by atoms with Crippen molar-refractivity contribution < 1.29 is 9.53 Å². The van der Waals surface area contributed by atoms with Crippen molar-refractivity contribution >= 4 is 17.3 Å². The zero-order valence-corrected chi connectivity index (χ0v) is 11.0. The number of aryl methyl sites for hydroxylation is 1. The van der Waals surface area contributed by atoms with Crippen LogP contribution in [0.1, 0.15) is 31.2 Å². The van der Waals surface area contributed by atoms with Crippen molar-refractivity contribution in [2.75, 3.05) is 18.2 Å². The van der Waals surface area contributed by atoms with E-state index in [1.54, 1.807) is 13.2 Å². The maximum Gasteiger partial charge on any atom is 0.227 e. The van der Waals surface area contributed by atoms with E-state index < -0.39 is 0 Å². The summed E-state index contributed by atoms with van der Waals surface area (Å²) in [7, 11) is 1.68. The maximum absolute atomic E-state index is 12.0. The van der Waals surface area contributed by atoms with Gasteiger partial charge in [-0.3, -0.25) is 4.79 Å². The lowest BCUT2D eigenvalue weighted by atomic mass is 9.77. The monoisotopic (exact) mass is 248 g/mol. The highest BCUT2D eigenvalue weighted by molar-refractivity contribution is 5.91. The summed E-state index contributed by atoms with van der Waals surface area (Å²) in [5, 5.41) is 2.89. The Bertz CT molecular complexity index is 448. The summed E-state index contributed by atoms with van der Waals surface area (Å²) < 4.78 is 5.44. The van der Waals surface area contributed by atoms with E-state index in [1.165, 1.54) is 0 Å². The van der Waals surface area contributed by atoms with Gasteiger partial charge in [-0.2, -0.15) is 0 Å². The van der Waals surface area contributed by atoms with Crippen LogP contribution in [0.2, 0.25) is 0 Å². The molecule has 1 saturated carbocycles. The van der Waals surface area contributed by atoms with Gasteiger partial charge in [-0.1, -0.05) is 0 Å². The molecule has 1 aliphatic carbocycles. The van der Waals surface area contributed by atoms with Crippen LogP contribution in [-0.2, 0) is 9.53 Å². The molecule has 0 spiro atoms. The average Bonchev–Trinajstić information content (AvgIpc) is 2.29. The van der Waals surface area contributed by atoms with Crippen LogP contribution in [0.15, 0.2) is 18.2 Å². The maximum atomic E-state index is 12.0. The zero-order valence-electron chi connectivity index (χ0n) is 11.0. The molecule has 0 unspecified atom stereocenters. The third-order valence-corrected chi connectivity index (χ3v) is 3.73. The fraction of sp³-hybridized carbons (Fsp3) is 0.500. The minimum Gasteiger partial charge on any atom is -0.399 e. The number of nitrogens with one attached hydrogen (secondary N) is 1. The minimum atomic E-state index is -0.229. The number of ether oxygens (including phenoxy) is 1. The van der Waals surface area contributed by atoms with Crippen LogP contribution in [0.4, 0.5) is 11.4 Å². The molecule has 18 heavy (non-hydrogen) atoms. The number of nitrogens with two attached hydrogens (primary N) is 1. The predicted molar refractivity (Wildman–Crippen MR) is 72.4 cm³/mol. The van der Waals surface area contributed by atoms with Crippen LogP contribution in [0, 0.1) is 6.92 Å². The Kier molecular flexibility index (Phi) is 3.57. The summed E-state index contributed by atoms with van der Waals surface area (Å²) in [5.74, 6) is 0.000668. The zero-order chi connectivity index (χ0) is 13.2. The molecule has 3 N–H and O–H groups in total. The van der Waals surface area contributed by atoms with E-state index in [1.807, 2.05) is 19.1 Å². The Hall–Kier alpha value is -1.55. The first-order valence-corrected chi connectivity index (χ1v) is 6.26. The first-order valence-electron chi connectivity index (χ1n) is 6.26. The molecular formula is C14H20N2O2. The SMILES string of the molecule is COC1(CC(=O)Nc2ccc(N)c(C)c2)CCC1. The number of carbonyl (C=O) groups excluding carboxylic acids is 1. The molecule has 0 saturated heterocycles. The predicted octanol–water partition coefficient (Wildman–Crippen LogP) is 2.47. The van der Waals surface area contributed by atoms with Gasteiger partial charge in [0.2, 0.25) is 5.91 Å². The molecule has 4 heteroatoms. The molecule has 4 nitrogen and oxygen atoms in total. The minimum absolute atomic E-state index is 0.000668. The van der Waals surface area contributed by atoms with Crippen LogP contribution in [0.5, 0.6) is 0 Å². The second-order valence-corrected chi connectivity index (χ2v) is 5.04. The molecule has 1 aliphatic rings. The highest BCUT2D eigenvalue weighted by Crippen LogP contribution is 2.38. The van der Waals surface area contributed by atoms with Gasteiger partial charge in [0.15, 0.2) is 0 Å². The van der Waals surface area contributed by atoms with Gasteiger partial charge in [0.25, 0.3) is 0 Å². The molecule has 0 atom stereocenters. The Morgan fingerprint density at radius 3 is 2.72 bits per heavy atom. The third-order valence-electron chi connectivity index (χ3n) is 3.73. The fourth-order valence-corrected chi connectivity index (χ4v) is 2.28. The van der Waals surface area contributed by atoms with E-state index in [2.05, 4.69) is 5.32 Å². The molecule has 98 valence electrons. The Morgan fingerprint density at radius 1 is 1.50 bits per heavy atom. The summed E-state index contributed by atoms with van der Waals surface area (Å²) in [6.45, 7) is 1.92. The number of nitrogen functional groups attached to an aromatic ring is 1. The summed E-state index contributed by atoms with van der Waals surface area (Å²) in [4.78, 5) is 12.0. The molecule has 1 amide bonds. The van der Waals surface area contributed by atoms with Crippen molar-refractivity contribution in [3.05, 3.63) is 23.8 Å². The number of anilines is 2. The molecule has 1 aromatic rings. The topological polar surface area (TPSA) is 64.3 Å². The second kappa shape index (κ2) is 4.98. The largest absolute Gasteiger partial charge is 0.399 e. The Balaban J connectivity index is 1.96. The molecule has 0 aromatic heterocycles. The van der Waals surface area contributed by atoms with Gasteiger partial charge in [-0.25, -0.2) is 0 Å². The summed E-state index contributed by atoms with van der Waals surface area (Å²) in [5.41, 5.74) is 8.01. The number of rotatable bonds is 4. The lowest BCUT2D eigenvalue weighted by Crippen LogP contribution is -2.42. The van der Waals surface area contributed by atoms with Gasteiger partial charge in [-0.05, 0) is 49.9 Å². The van der Waals surface area contributed by atoms with E-state index in [9.17, 15) is 4.79 Å². The van der Waals surface area contributed by atoms with Gasteiger partial charge in [0.1, 0.15) is 0 Å². The smallest absolute Gasteiger partial charge is 0.227 e. The van der Waals surface area contributed by atoms with Crippen LogP contribution < -0.4 is 11.1 Å². The normalized spacial score (nSPS) is 17.0. The first kappa shape index (κ1) is 12.9. The molecule has 0 bridgehead atoms. The Labute approximate surface area is 108 Å². The molecule has 0 radical (unpaired) electrons. The second-order valence-electron chi connectivity index (χ2n) is 5.04. The number of carbonyl (C=O) groups is 1. The van der Waals surface area contributed by atoms with Gasteiger partial charge >= 0.3 is 0 Å². The molecular weight excluding hydrogens is 228 g/mol. The van der Waals surface area contributed by atoms with Gasteiger partial charge in [0.05, 0.1) is 12.0 Å². The van der Waals surface area contributed by atoms with E-state index in [0.29, 0.717) is 6.42 Å². The van der Waals surface area contributed by atoms with E-state index in [4.69, 9.17) is 10.5 Å². The molecule has 0 aliphatic heterocycles. The van der Waals surface area contributed by atoms with Crippen molar-refractivity contribution in [2.45, 2.75) is 38.2 Å². The standard InChI is InChI=1S/C14H20N2O2/c1-10-8-11(4-5-12(10)15)16-13(17)9-14(18-2)6-3-7-14/h4-5,8H,3,6-7,9,15H2,1-2H3,(H,16,17). The average molecular weight is 248 g/mol. The van der Waals surface area contributed by atoms with Crippen molar-refractivity contribution in [3.8, 4) is 0 Å². The van der Waals surface area contributed by atoms with Crippen molar-refractivity contribution in [2.24, 2.45) is 0 Å². The molecule has 0 heterocycles. The van der Waals surface area contributed by atoms with Gasteiger partial charge in [-0.15, -0.1) is 0 Å². The quantitative estimate of drug-likeness (QED) is 0.804. The van der Waals surface area contributed by atoms with Gasteiger partial charge < -0.3 is 15.8 Å². The van der Waals surface area contributed by atoms with Crippen LogP contribution in [0.3, 0.4) is 0 Å². The summed E-state index contributed by atoms with van der Waals surface area (Å²) in [6.07, 6.45) is 3.50. The van der Waals surface area contributed by atoms with E-state index >= 15 is 0 Å². The third kappa shape index (κ3) is 2.64. The number of hydrogen-bond acceptors (Lipinski definition) is 3. The van der Waals surface area contributed by atoms with Crippen LogP contribution in [-0.4, -0.2) is 18.6 Å². The molecule has 1 aromatic carbocycles. The lowest BCUT2D eigenvalue weighted by Gasteiger charge is -2.39. The number of methoxy groups -OCH3 is 1. The highest BCUT2D eigenvalue weighted by Gasteiger charge is 2.38. The van der Waals surface area contributed by atoms with Crippen molar-refractivity contribution in [3.63, 3.8) is 0 Å². The van der Waals surface area contributed by atoms with E-state index in [0.717, 1.165) is 36.2 Å².